The Morgan fingerprint density at radius 1 is 1.08 bits per heavy atom. The molecule has 2 amide bonds. The number of nitrogens with one attached hydrogen (secondary N) is 1. The van der Waals surface area contributed by atoms with Crippen molar-refractivity contribution in [3.05, 3.63) is 88.1 Å². The number of ether oxygens (including phenoxy) is 1. The number of carbonyl (C=O) groups is 3. The van der Waals surface area contributed by atoms with Crippen LogP contribution in [0.25, 0.3) is 10.9 Å². The van der Waals surface area contributed by atoms with E-state index in [0.717, 1.165) is 22.9 Å². The lowest BCUT2D eigenvalue weighted by atomic mass is 10.1. The minimum atomic E-state index is -4.92. The van der Waals surface area contributed by atoms with E-state index in [1.807, 2.05) is 0 Å². The lowest BCUT2D eigenvalue weighted by Gasteiger charge is -2.12. The number of anilines is 1. The molecule has 0 aliphatic carbocycles. The maximum atomic E-state index is 13.9. The Balaban J connectivity index is 1.73. The number of hydrogen-bond donors (Lipinski definition) is 2. The lowest BCUT2D eigenvalue weighted by Crippen LogP contribution is -2.19. The summed E-state index contributed by atoms with van der Waals surface area (Å²) in [6, 6.07) is 10.2. The SMILES string of the molecule is COC(=O)c1ccc(Cn2nc(C(F)(F)F)c(NC(=O)c3cc(C(N)=O)nc4cc(F)ccc34)c2C)cc1. The van der Waals surface area contributed by atoms with Gasteiger partial charge in [-0.2, -0.15) is 18.3 Å². The van der Waals surface area contributed by atoms with Crippen LogP contribution >= 0.6 is 0 Å². The molecule has 0 saturated carbocycles. The van der Waals surface area contributed by atoms with Gasteiger partial charge in [-0.1, -0.05) is 12.1 Å². The number of nitrogens with two attached hydrogens (primary N) is 1. The van der Waals surface area contributed by atoms with Crippen molar-refractivity contribution in [3.63, 3.8) is 0 Å². The van der Waals surface area contributed by atoms with Crippen LogP contribution in [0.1, 0.15) is 48.2 Å². The van der Waals surface area contributed by atoms with Gasteiger partial charge >= 0.3 is 12.1 Å². The summed E-state index contributed by atoms with van der Waals surface area (Å²) in [6.07, 6.45) is -4.92. The van der Waals surface area contributed by atoms with E-state index in [0.29, 0.717) is 5.56 Å². The molecule has 4 rings (SSSR count). The first-order chi connectivity index (χ1) is 17.9. The summed E-state index contributed by atoms with van der Waals surface area (Å²) >= 11 is 0. The van der Waals surface area contributed by atoms with Gasteiger partial charge in [0.2, 0.25) is 0 Å². The average Bonchev–Trinajstić information content (AvgIpc) is 3.18. The number of methoxy groups -OCH3 is 1. The first-order valence-corrected chi connectivity index (χ1v) is 10.9. The molecular formula is C25H19F4N5O4. The molecule has 0 aliphatic heterocycles. The van der Waals surface area contributed by atoms with E-state index in [-0.39, 0.29) is 40.0 Å². The quantitative estimate of drug-likeness (QED) is 0.286. The highest BCUT2D eigenvalue weighted by molar-refractivity contribution is 6.14. The number of aromatic nitrogens is 3. The maximum Gasteiger partial charge on any atom is 0.437 e. The van der Waals surface area contributed by atoms with Crippen LogP contribution in [0.3, 0.4) is 0 Å². The van der Waals surface area contributed by atoms with Crippen molar-refractivity contribution in [3.8, 4) is 0 Å². The normalized spacial score (nSPS) is 11.4. The summed E-state index contributed by atoms with van der Waals surface area (Å²) < 4.78 is 61.1. The van der Waals surface area contributed by atoms with Gasteiger partial charge in [-0.15, -0.1) is 0 Å². The number of carbonyl (C=O) groups excluding carboxylic acids is 3. The Labute approximate surface area is 212 Å². The number of alkyl halides is 3. The largest absolute Gasteiger partial charge is 0.465 e. The molecule has 196 valence electrons. The molecule has 0 spiro atoms. The summed E-state index contributed by atoms with van der Waals surface area (Å²) in [5.74, 6) is -3.29. The molecule has 2 heterocycles. The van der Waals surface area contributed by atoms with Crippen molar-refractivity contribution in [1.29, 1.82) is 0 Å². The fraction of sp³-hybridized carbons (Fsp3) is 0.160. The number of hydrogen-bond acceptors (Lipinski definition) is 6. The molecule has 0 bridgehead atoms. The fourth-order valence-electron chi connectivity index (χ4n) is 3.78. The molecular weight excluding hydrogens is 510 g/mol. The molecule has 0 aliphatic rings. The van der Waals surface area contributed by atoms with Crippen LogP contribution in [0.4, 0.5) is 23.2 Å². The molecule has 0 atom stereocenters. The minimum Gasteiger partial charge on any atom is -0.465 e. The number of fused-ring (bicyclic) bond motifs is 1. The van der Waals surface area contributed by atoms with Gasteiger partial charge in [-0.05, 0) is 42.8 Å². The number of esters is 1. The van der Waals surface area contributed by atoms with E-state index in [1.54, 1.807) is 0 Å². The molecule has 0 unspecified atom stereocenters. The van der Waals surface area contributed by atoms with Gasteiger partial charge in [0.25, 0.3) is 11.8 Å². The molecule has 2 aromatic heterocycles. The smallest absolute Gasteiger partial charge is 0.437 e. The molecule has 9 nitrogen and oxygen atoms in total. The van der Waals surface area contributed by atoms with Gasteiger partial charge in [0, 0.05) is 11.5 Å². The molecule has 0 fully saturated rings. The Morgan fingerprint density at radius 2 is 1.76 bits per heavy atom. The minimum absolute atomic E-state index is 0.0118. The Bertz CT molecular complexity index is 1580. The van der Waals surface area contributed by atoms with Crippen LogP contribution in [-0.4, -0.2) is 39.7 Å². The summed E-state index contributed by atoms with van der Waals surface area (Å²) in [5.41, 5.74) is 3.43. The van der Waals surface area contributed by atoms with Gasteiger partial charge in [0.15, 0.2) is 5.69 Å². The summed E-state index contributed by atoms with van der Waals surface area (Å²) in [6.45, 7) is 1.24. The zero-order valence-electron chi connectivity index (χ0n) is 19.9. The number of rotatable bonds is 6. The van der Waals surface area contributed by atoms with E-state index in [2.05, 4.69) is 20.1 Å². The highest BCUT2D eigenvalue weighted by Crippen LogP contribution is 2.36. The number of benzene rings is 2. The summed E-state index contributed by atoms with van der Waals surface area (Å²) in [4.78, 5) is 40.4. The molecule has 0 radical (unpaired) electrons. The summed E-state index contributed by atoms with van der Waals surface area (Å²) in [7, 11) is 1.22. The molecule has 3 N–H and O–H groups in total. The Hall–Kier alpha value is -4.81. The summed E-state index contributed by atoms with van der Waals surface area (Å²) in [5, 5.41) is 6.00. The maximum absolute atomic E-state index is 13.9. The first-order valence-electron chi connectivity index (χ1n) is 10.9. The number of halogens is 4. The predicted molar refractivity (Wildman–Crippen MR) is 127 cm³/mol. The third kappa shape index (κ3) is 5.16. The van der Waals surface area contributed by atoms with Crippen LogP contribution in [0.2, 0.25) is 0 Å². The van der Waals surface area contributed by atoms with E-state index in [4.69, 9.17) is 5.73 Å². The lowest BCUT2D eigenvalue weighted by molar-refractivity contribution is -0.140. The monoisotopic (exact) mass is 529 g/mol. The van der Waals surface area contributed by atoms with Crippen molar-refractivity contribution in [2.24, 2.45) is 5.73 Å². The third-order valence-corrected chi connectivity index (χ3v) is 5.69. The Kier molecular flexibility index (Phi) is 6.85. The standard InChI is InChI=1S/C25H19F4N5O4/c1-12-20(32-23(36)17-10-19(22(30)35)31-18-9-15(26)7-8-16(17)18)21(25(27,28)29)33-34(12)11-13-3-5-14(6-4-13)24(37)38-2/h3-10H,11H2,1-2H3,(H2,30,35)(H,32,36). The van der Waals surface area contributed by atoms with Crippen LogP contribution in [0, 0.1) is 12.7 Å². The van der Waals surface area contributed by atoms with Gasteiger partial charge in [0.05, 0.1) is 41.7 Å². The van der Waals surface area contributed by atoms with Gasteiger partial charge in [0.1, 0.15) is 11.5 Å². The second kappa shape index (κ2) is 9.92. The molecule has 13 heteroatoms. The number of pyridine rings is 1. The van der Waals surface area contributed by atoms with E-state index in [9.17, 15) is 31.9 Å². The van der Waals surface area contributed by atoms with E-state index < -0.39 is 41.2 Å². The number of nitrogens with zero attached hydrogens (tertiary/aromatic N) is 3. The van der Waals surface area contributed by atoms with Crippen molar-refractivity contribution in [2.75, 3.05) is 12.4 Å². The zero-order valence-corrected chi connectivity index (χ0v) is 19.9. The van der Waals surface area contributed by atoms with E-state index >= 15 is 0 Å². The average molecular weight is 529 g/mol. The van der Waals surface area contributed by atoms with Crippen LogP contribution < -0.4 is 11.1 Å². The van der Waals surface area contributed by atoms with Crippen LogP contribution in [-0.2, 0) is 17.5 Å². The van der Waals surface area contributed by atoms with Gasteiger partial charge in [-0.3, -0.25) is 14.3 Å². The van der Waals surface area contributed by atoms with Crippen molar-refractivity contribution >= 4 is 34.4 Å². The Morgan fingerprint density at radius 3 is 2.37 bits per heavy atom. The molecule has 38 heavy (non-hydrogen) atoms. The van der Waals surface area contributed by atoms with E-state index in [1.165, 1.54) is 44.4 Å². The van der Waals surface area contributed by atoms with Crippen molar-refractivity contribution in [2.45, 2.75) is 19.6 Å². The second-order valence-corrected chi connectivity index (χ2v) is 8.19. The topological polar surface area (TPSA) is 129 Å². The molecule has 4 aromatic rings. The molecule has 2 aromatic carbocycles. The second-order valence-electron chi connectivity index (χ2n) is 8.19. The first kappa shape index (κ1) is 26.3. The van der Waals surface area contributed by atoms with Crippen molar-refractivity contribution < 1.29 is 36.7 Å². The van der Waals surface area contributed by atoms with Gasteiger partial charge in [-0.25, -0.2) is 14.2 Å². The zero-order chi connectivity index (χ0) is 27.8. The number of primary amides is 1. The van der Waals surface area contributed by atoms with Crippen LogP contribution in [0.5, 0.6) is 0 Å². The molecule has 0 saturated heterocycles. The van der Waals surface area contributed by atoms with Crippen LogP contribution in [0.15, 0.2) is 48.5 Å². The van der Waals surface area contributed by atoms with Crippen molar-refractivity contribution in [1.82, 2.24) is 14.8 Å². The number of amides is 2. The predicted octanol–water partition coefficient (Wildman–Crippen LogP) is 4.08. The fourth-order valence-corrected chi connectivity index (χ4v) is 3.78. The van der Waals surface area contributed by atoms with Gasteiger partial charge < -0.3 is 15.8 Å². The highest BCUT2D eigenvalue weighted by atomic mass is 19.4. The third-order valence-electron chi connectivity index (χ3n) is 5.69. The highest BCUT2D eigenvalue weighted by Gasteiger charge is 2.39.